The molecule has 0 atom stereocenters. The van der Waals surface area contributed by atoms with E-state index in [0.29, 0.717) is 5.15 Å². The highest BCUT2D eigenvalue weighted by Crippen LogP contribution is 2.18. The summed E-state index contributed by atoms with van der Waals surface area (Å²) in [7, 11) is 0. The van der Waals surface area contributed by atoms with Gasteiger partial charge in [-0.3, -0.25) is 0 Å². The summed E-state index contributed by atoms with van der Waals surface area (Å²) in [5.74, 6) is 0. The lowest BCUT2D eigenvalue weighted by Crippen LogP contribution is -2.04. The van der Waals surface area contributed by atoms with Crippen molar-refractivity contribution in [2.45, 2.75) is 13.3 Å². The second kappa shape index (κ2) is 4.92. The van der Waals surface area contributed by atoms with E-state index in [1.807, 2.05) is 12.3 Å². The number of aromatic nitrogens is 2. The molecule has 0 bridgehead atoms. The highest BCUT2D eigenvalue weighted by molar-refractivity contribution is 7.14. The largest absolute Gasteiger partial charge is 0.361 e. The molecule has 2 aromatic rings. The van der Waals surface area contributed by atoms with Gasteiger partial charge >= 0.3 is 0 Å². The Morgan fingerprint density at radius 1 is 1.33 bits per heavy atom. The zero-order valence-electron chi connectivity index (χ0n) is 8.16. The zero-order valence-corrected chi connectivity index (χ0v) is 10.5. The van der Waals surface area contributed by atoms with Gasteiger partial charge in [-0.1, -0.05) is 11.6 Å². The van der Waals surface area contributed by atoms with Crippen molar-refractivity contribution in [3.05, 3.63) is 26.6 Å². The fourth-order valence-electron chi connectivity index (χ4n) is 1.13. The number of anilines is 1. The molecule has 0 aliphatic rings. The molecule has 0 radical (unpaired) electrons. The second-order valence-electron chi connectivity index (χ2n) is 3.03. The molecule has 0 aromatic carbocycles. The summed E-state index contributed by atoms with van der Waals surface area (Å²) in [5.41, 5.74) is 1.09. The Morgan fingerprint density at radius 3 is 2.80 bits per heavy atom. The van der Waals surface area contributed by atoms with Crippen molar-refractivity contribution in [2.75, 3.05) is 11.9 Å². The number of halogens is 1. The average molecular weight is 260 g/mol. The van der Waals surface area contributed by atoms with Gasteiger partial charge in [-0.25, -0.2) is 9.97 Å². The maximum absolute atomic E-state index is 5.71. The Labute approximate surface area is 101 Å². The predicted molar refractivity (Wildman–Crippen MR) is 66.2 cm³/mol. The Hall–Kier alpha value is -0.650. The molecule has 3 nitrogen and oxygen atoms in total. The third-order valence-corrected chi connectivity index (χ3v) is 3.91. The molecule has 0 unspecified atom stereocenters. The fraction of sp³-hybridized carbons (Fsp3) is 0.333. The van der Waals surface area contributed by atoms with E-state index in [9.17, 15) is 0 Å². The van der Waals surface area contributed by atoms with Crippen LogP contribution in [0.4, 0.5) is 5.13 Å². The van der Waals surface area contributed by atoms with Crippen molar-refractivity contribution < 1.29 is 0 Å². The van der Waals surface area contributed by atoms with Crippen LogP contribution in [0.25, 0.3) is 0 Å². The normalized spacial score (nSPS) is 10.5. The van der Waals surface area contributed by atoms with Crippen LogP contribution in [0.2, 0.25) is 5.15 Å². The molecular formula is C9H10ClN3S2. The van der Waals surface area contributed by atoms with Crippen LogP contribution in [0.5, 0.6) is 0 Å². The summed E-state index contributed by atoms with van der Waals surface area (Å²) >= 11 is 8.92. The van der Waals surface area contributed by atoms with Crippen molar-refractivity contribution in [2.24, 2.45) is 0 Å². The van der Waals surface area contributed by atoms with Gasteiger partial charge in [-0.2, -0.15) is 0 Å². The maximum atomic E-state index is 5.71. The summed E-state index contributed by atoms with van der Waals surface area (Å²) in [6, 6.07) is 0. The smallest absolute Gasteiger partial charge is 0.184 e. The molecule has 0 saturated heterocycles. The predicted octanol–water partition coefficient (Wildman–Crippen LogP) is 3.22. The van der Waals surface area contributed by atoms with Gasteiger partial charge in [0.05, 0.1) is 5.01 Å². The van der Waals surface area contributed by atoms with Gasteiger partial charge in [0.15, 0.2) is 5.13 Å². The van der Waals surface area contributed by atoms with E-state index < -0.39 is 0 Å². The topological polar surface area (TPSA) is 37.8 Å². The Balaban J connectivity index is 1.80. The van der Waals surface area contributed by atoms with Crippen molar-refractivity contribution in [1.29, 1.82) is 0 Å². The summed E-state index contributed by atoms with van der Waals surface area (Å²) in [6.07, 6.45) is 0.926. The van der Waals surface area contributed by atoms with E-state index in [0.717, 1.165) is 28.8 Å². The molecule has 0 aliphatic heterocycles. The molecule has 6 heteroatoms. The minimum atomic E-state index is 0.549. The third kappa shape index (κ3) is 3.15. The molecule has 0 spiro atoms. The highest BCUT2D eigenvalue weighted by Gasteiger charge is 2.00. The maximum Gasteiger partial charge on any atom is 0.184 e. The summed E-state index contributed by atoms with van der Waals surface area (Å²) < 4.78 is 0. The second-order valence-corrected chi connectivity index (χ2v) is 5.22. The summed E-state index contributed by atoms with van der Waals surface area (Å²) in [5, 5.41) is 9.67. The molecule has 2 rings (SSSR count). The lowest BCUT2D eigenvalue weighted by molar-refractivity contribution is 0.984. The van der Waals surface area contributed by atoms with E-state index >= 15 is 0 Å². The van der Waals surface area contributed by atoms with Gasteiger partial charge in [0.25, 0.3) is 0 Å². The third-order valence-electron chi connectivity index (χ3n) is 1.76. The van der Waals surface area contributed by atoms with Crippen molar-refractivity contribution in [3.63, 3.8) is 0 Å². The first-order valence-electron chi connectivity index (χ1n) is 4.50. The molecule has 80 valence electrons. The van der Waals surface area contributed by atoms with E-state index in [1.54, 1.807) is 11.3 Å². The van der Waals surface area contributed by atoms with Crippen molar-refractivity contribution in [3.8, 4) is 0 Å². The molecule has 0 aliphatic carbocycles. The van der Waals surface area contributed by atoms with Crippen LogP contribution < -0.4 is 5.32 Å². The number of nitrogens with zero attached hydrogens (tertiary/aromatic N) is 2. The number of hydrogen-bond acceptors (Lipinski definition) is 5. The zero-order chi connectivity index (χ0) is 10.7. The van der Waals surface area contributed by atoms with Gasteiger partial charge < -0.3 is 5.32 Å². The van der Waals surface area contributed by atoms with Gasteiger partial charge in [0, 0.05) is 29.4 Å². The summed E-state index contributed by atoms with van der Waals surface area (Å²) in [6.45, 7) is 2.85. The van der Waals surface area contributed by atoms with Crippen LogP contribution in [-0.4, -0.2) is 16.5 Å². The van der Waals surface area contributed by atoms with Gasteiger partial charge in [0.1, 0.15) is 5.15 Å². The molecule has 0 fully saturated rings. The lowest BCUT2D eigenvalue weighted by Gasteiger charge is -1.98. The Bertz CT molecular complexity index is 398. The Morgan fingerprint density at radius 2 is 2.20 bits per heavy atom. The molecule has 1 N–H and O–H groups in total. The van der Waals surface area contributed by atoms with Crippen LogP contribution in [0, 0.1) is 6.92 Å². The number of nitrogens with one attached hydrogen (secondary N) is 1. The molecule has 15 heavy (non-hydrogen) atoms. The fourth-order valence-corrected chi connectivity index (χ4v) is 2.77. The van der Waals surface area contributed by atoms with Gasteiger partial charge in [0.2, 0.25) is 0 Å². The van der Waals surface area contributed by atoms with Crippen LogP contribution in [0.3, 0.4) is 0 Å². The molecular weight excluding hydrogens is 250 g/mol. The van der Waals surface area contributed by atoms with Crippen molar-refractivity contribution >= 4 is 39.4 Å². The number of rotatable bonds is 4. The molecule has 2 aromatic heterocycles. The molecule has 2 heterocycles. The first kappa shape index (κ1) is 10.9. The first-order valence-corrected chi connectivity index (χ1v) is 6.63. The average Bonchev–Trinajstić information content (AvgIpc) is 2.76. The van der Waals surface area contributed by atoms with Crippen LogP contribution in [-0.2, 0) is 6.42 Å². The van der Waals surface area contributed by atoms with E-state index in [1.165, 1.54) is 11.3 Å². The minimum absolute atomic E-state index is 0.549. The van der Waals surface area contributed by atoms with Crippen LogP contribution in [0.15, 0.2) is 10.8 Å². The van der Waals surface area contributed by atoms with Crippen LogP contribution >= 0.6 is 34.3 Å². The monoisotopic (exact) mass is 259 g/mol. The van der Waals surface area contributed by atoms with Gasteiger partial charge in [-0.05, 0) is 6.92 Å². The number of hydrogen-bond donors (Lipinski definition) is 1. The Kier molecular flexibility index (Phi) is 3.56. The molecule has 0 amide bonds. The van der Waals surface area contributed by atoms with E-state index in [2.05, 4.69) is 20.7 Å². The SMILES string of the molecule is Cc1csc(CCNc2nc(Cl)cs2)n1. The number of aryl methyl sites for hydroxylation is 1. The van der Waals surface area contributed by atoms with Gasteiger partial charge in [-0.15, -0.1) is 22.7 Å². The molecule has 0 saturated carbocycles. The van der Waals surface area contributed by atoms with Crippen LogP contribution in [0.1, 0.15) is 10.7 Å². The van der Waals surface area contributed by atoms with E-state index in [4.69, 9.17) is 11.6 Å². The van der Waals surface area contributed by atoms with E-state index in [-0.39, 0.29) is 0 Å². The standard InChI is InChI=1S/C9H10ClN3S2/c1-6-4-14-8(12-6)2-3-11-9-13-7(10)5-15-9/h4-5H,2-3H2,1H3,(H,11,13). The first-order chi connectivity index (χ1) is 7.24. The summed E-state index contributed by atoms with van der Waals surface area (Å²) in [4.78, 5) is 8.49. The van der Waals surface area contributed by atoms with Crippen molar-refractivity contribution in [1.82, 2.24) is 9.97 Å². The lowest BCUT2D eigenvalue weighted by atomic mass is 10.4. The highest BCUT2D eigenvalue weighted by atomic mass is 35.5. The quantitative estimate of drug-likeness (QED) is 0.916. The minimum Gasteiger partial charge on any atom is -0.361 e. The number of thiazole rings is 2.